The Morgan fingerprint density at radius 1 is 1.21 bits per heavy atom. The lowest BCUT2D eigenvalue weighted by Crippen LogP contribution is -2.34. The number of carbonyl (C=O) groups is 2. The number of fused-ring (bicyclic) bond motifs is 1. The molecule has 29 heavy (non-hydrogen) atoms. The summed E-state index contributed by atoms with van der Waals surface area (Å²) in [6.45, 7) is 4.04. The molecule has 4 rings (SSSR count). The van der Waals surface area contributed by atoms with Crippen molar-refractivity contribution < 1.29 is 9.59 Å². The van der Waals surface area contributed by atoms with Crippen molar-refractivity contribution in [1.82, 2.24) is 14.7 Å². The molecular weight excluding hydrogens is 388 g/mol. The number of aryl methyl sites for hydroxylation is 1. The molecule has 6 nitrogen and oxygen atoms in total. The summed E-state index contributed by atoms with van der Waals surface area (Å²) >= 11 is 6.07. The number of imidazole rings is 1. The van der Waals surface area contributed by atoms with Crippen LogP contribution in [0.3, 0.4) is 0 Å². The number of halogens is 1. The van der Waals surface area contributed by atoms with Crippen LogP contribution in [0, 0.1) is 12.8 Å². The van der Waals surface area contributed by atoms with E-state index in [-0.39, 0.29) is 11.8 Å². The van der Waals surface area contributed by atoms with Gasteiger partial charge in [0.15, 0.2) is 0 Å². The van der Waals surface area contributed by atoms with Crippen molar-refractivity contribution in [2.24, 2.45) is 5.92 Å². The molecule has 0 unspecified atom stereocenters. The quantitative estimate of drug-likeness (QED) is 0.652. The van der Waals surface area contributed by atoms with Crippen molar-refractivity contribution in [1.29, 1.82) is 0 Å². The Balaban J connectivity index is 1.41. The molecule has 7 heteroatoms. The molecule has 0 bridgehead atoms. The highest BCUT2D eigenvalue weighted by atomic mass is 35.5. The molecule has 0 radical (unpaired) electrons. The second-order valence-corrected chi connectivity index (χ2v) is 7.87. The van der Waals surface area contributed by atoms with E-state index < -0.39 is 0 Å². The van der Waals surface area contributed by atoms with Crippen LogP contribution in [0.25, 0.3) is 5.65 Å². The Morgan fingerprint density at radius 3 is 2.62 bits per heavy atom. The molecule has 1 N–H and O–H groups in total. The van der Waals surface area contributed by atoms with Crippen molar-refractivity contribution in [3.63, 3.8) is 0 Å². The number of benzene rings is 1. The Hall–Kier alpha value is -2.86. The molecule has 0 aliphatic carbocycles. The number of aldehydes is 1. The van der Waals surface area contributed by atoms with Gasteiger partial charge < -0.3 is 15.0 Å². The van der Waals surface area contributed by atoms with Crippen LogP contribution >= 0.6 is 11.6 Å². The molecule has 1 saturated heterocycles. The average molecular weight is 411 g/mol. The first-order chi connectivity index (χ1) is 14.0. The summed E-state index contributed by atoms with van der Waals surface area (Å²) in [5.41, 5.74) is 4.03. The number of aromatic nitrogens is 2. The molecule has 3 heterocycles. The maximum atomic E-state index is 12.7. The number of hydrogen-bond acceptors (Lipinski definition) is 4. The highest BCUT2D eigenvalue weighted by molar-refractivity contribution is 6.30. The Bertz CT molecular complexity index is 1040. The molecule has 1 aliphatic rings. The number of amides is 1. The van der Waals surface area contributed by atoms with Crippen LogP contribution in [0.2, 0.25) is 5.02 Å². The molecular formula is C22H23ClN4O2. The fraction of sp³-hybridized carbons (Fsp3) is 0.318. The van der Waals surface area contributed by atoms with Crippen molar-refractivity contribution in [3.05, 3.63) is 64.6 Å². The van der Waals surface area contributed by atoms with Gasteiger partial charge in [0.25, 0.3) is 5.91 Å². The van der Waals surface area contributed by atoms with Crippen LogP contribution in [0.4, 0.5) is 5.69 Å². The zero-order chi connectivity index (χ0) is 20.4. The third kappa shape index (κ3) is 4.12. The molecule has 2 aromatic heterocycles. The van der Waals surface area contributed by atoms with E-state index in [1.807, 2.05) is 19.1 Å². The first-order valence-corrected chi connectivity index (χ1v) is 10.1. The lowest BCUT2D eigenvalue weighted by Gasteiger charge is -2.31. The van der Waals surface area contributed by atoms with Crippen molar-refractivity contribution in [2.45, 2.75) is 26.3 Å². The van der Waals surface area contributed by atoms with E-state index in [0.717, 1.165) is 43.5 Å². The molecule has 0 saturated carbocycles. The summed E-state index contributed by atoms with van der Waals surface area (Å²) in [5, 5.41) is 3.52. The third-order valence-electron chi connectivity index (χ3n) is 5.46. The van der Waals surface area contributed by atoms with E-state index in [0.29, 0.717) is 28.6 Å². The predicted molar refractivity (Wildman–Crippen MR) is 114 cm³/mol. The standard InChI is InChI=1S/C22H23ClN4O2/c1-15-21(27-13-18(23)4-7-20(27)25-15)22(29)24-12-16-2-5-19(6-3-16)26-10-8-17(14-28)9-11-26/h2-7,13-14,17H,8-12H2,1H3,(H,24,29). The number of carbonyl (C=O) groups excluding carboxylic acids is 2. The average Bonchev–Trinajstić information content (AvgIpc) is 3.07. The van der Waals surface area contributed by atoms with Gasteiger partial charge in [-0.2, -0.15) is 0 Å². The number of rotatable bonds is 5. The van der Waals surface area contributed by atoms with Crippen molar-refractivity contribution >= 4 is 35.1 Å². The van der Waals surface area contributed by atoms with E-state index in [4.69, 9.17) is 11.6 Å². The van der Waals surface area contributed by atoms with Crippen molar-refractivity contribution in [3.8, 4) is 0 Å². The summed E-state index contributed by atoms with van der Waals surface area (Å²) in [7, 11) is 0. The van der Waals surface area contributed by atoms with Gasteiger partial charge in [-0.05, 0) is 49.6 Å². The number of nitrogens with zero attached hydrogens (tertiary/aromatic N) is 3. The van der Waals surface area contributed by atoms with Gasteiger partial charge in [0.2, 0.25) is 0 Å². The second-order valence-electron chi connectivity index (χ2n) is 7.43. The van der Waals surface area contributed by atoms with E-state index in [2.05, 4.69) is 27.3 Å². The molecule has 0 atom stereocenters. The number of pyridine rings is 1. The van der Waals surface area contributed by atoms with Crippen LogP contribution in [0.15, 0.2) is 42.6 Å². The van der Waals surface area contributed by atoms with Gasteiger partial charge in [-0.15, -0.1) is 0 Å². The molecule has 150 valence electrons. The minimum absolute atomic E-state index is 0.183. The van der Waals surface area contributed by atoms with E-state index >= 15 is 0 Å². The maximum Gasteiger partial charge on any atom is 0.270 e. The van der Waals surface area contributed by atoms with Crippen LogP contribution < -0.4 is 10.2 Å². The minimum atomic E-state index is -0.183. The lowest BCUT2D eigenvalue weighted by molar-refractivity contribution is -0.111. The SMILES string of the molecule is Cc1nc2ccc(Cl)cn2c1C(=O)NCc1ccc(N2CCC(C=O)CC2)cc1. The molecule has 1 fully saturated rings. The Kier molecular flexibility index (Phi) is 5.53. The summed E-state index contributed by atoms with van der Waals surface area (Å²) in [5.74, 6) is 0.0102. The summed E-state index contributed by atoms with van der Waals surface area (Å²) < 4.78 is 1.72. The van der Waals surface area contributed by atoms with Crippen LogP contribution in [0.5, 0.6) is 0 Å². The third-order valence-corrected chi connectivity index (χ3v) is 5.68. The normalized spacial score (nSPS) is 14.9. The molecule has 1 amide bonds. The predicted octanol–water partition coefficient (Wildman–Crippen LogP) is 3.64. The second kappa shape index (κ2) is 8.25. The monoisotopic (exact) mass is 410 g/mol. The zero-order valence-electron chi connectivity index (χ0n) is 16.3. The van der Waals surface area contributed by atoms with Gasteiger partial charge in [0.1, 0.15) is 17.6 Å². The molecule has 1 aliphatic heterocycles. The van der Waals surface area contributed by atoms with Gasteiger partial charge in [0, 0.05) is 37.4 Å². The van der Waals surface area contributed by atoms with E-state index in [9.17, 15) is 9.59 Å². The summed E-state index contributed by atoms with van der Waals surface area (Å²) in [6, 6.07) is 11.7. The topological polar surface area (TPSA) is 66.7 Å². The van der Waals surface area contributed by atoms with Gasteiger partial charge >= 0.3 is 0 Å². The number of hydrogen-bond donors (Lipinski definition) is 1. The Morgan fingerprint density at radius 2 is 1.93 bits per heavy atom. The summed E-state index contributed by atoms with van der Waals surface area (Å²) in [4.78, 5) is 30.4. The van der Waals surface area contributed by atoms with E-state index in [1.54, 1.807) is 22.7 Å². The first-order valence-electron chi connectivity index (χ1n) is 9.77. The fourth-order valence-electron chi connectivity index (χ4n) is 3.79. The Labute approximate surface area is 174 Å². The fourth-order valence-corrected chi connectivity index (χ4v) is 3.95. The van der Waals surface area contributed by atoms with Gasteiger partial charge in [0.05, 0.1) is 10.7 Å². The summed E-state index contributed by atoms with van der Waals surface area (Å²) in [6.07, 6.45) is 4.59. The lowest BCUT2D eigenvalue weighted by atomic mass is 9.98. The van der Waals surface area contributed by atoms with Crippen LogP contribution in [-0.4, -0.2) is 34.7 Å². The molecule has 3 aromatic rings. The maximum absolute atomic E-state index is 12.7. The largest absolute Gasteiger partial charge is 0.371 e. The van der Waals surface area contributed by atoms with E-state index in [1.165, 1.54) is 0 Å². The highest BCUT2D eigenvalue weighted by Crippen LogP contribution is 2.23. The van der Waals surface area contributed by atoms with Crippen LogP contribution in [0.1, 0.15) is 34.6 Å². The first kappa shape index (κ1) is 19.5. The van der Waals surface area contributed by atoms with Gasteiger partial charge in [-0.3, -0.25) is 9.20 Å². The number of piperidine rings is 1. The van der Waals surface area contributed by atoms with Gasteiger partial charge in [-0.25, -0.2) is 4.98 Å². The molecule has 1 aromatic carbocycles. The minimum Gasteiger partial charge on any atom is -0.371 e. The zero-order valence-corrected chi connectivity index (χ0v) is 17.0. The van der Waals surface area contributed by atoms with Gasteiger partial charge in [-0.1, -0.05) is 23.7 Å². The number of nitrogens with one attached hydrogen (secondary N) is 1. The smallest absolute Gasteiger partial charge is 0.270 e. The highest BCUT2D eigenvalue weighted by Gasteiger charge is 2.19. The number of anilines is 1. The van der Waals surface area contributed by atoms with Crippen LogP contribution in [-0.2, 0) is 11.3 Å². The van der Waals surface area contributed by atoms with Crippen molar-refractivity contribution in [2.75, 3.05) is 18.0 Å². The molecule has 0 spiro atoms.